The van der Waals surface area contributed by atoms with E-state index in [0.717, 1.165) is 60.4 Å². The Balaban J connectivity index is 1.31. The number of aromatic nitrogens is 3. The van der Waals surface area contributed by atoms with E-state index in [9.17, 15) is 0 Å². The van der Waals surface area contributed by atoms with Crippen molar-refractivity contribution in [3.63, 3.8) is 0 Å². The Morgan fingerprint density at radius 2 is 0.959 bits per heavy atom. The fourth-order valence-corrected chi connectivity index (χ4v) is 7.18. The summed E-state index contributed by atoms with van der Waals surface area (Å²) in [6.07, 6.45) is 0. The maximum atomic E-state index is 6.71. The molecule has 0 atom stereocenters. The van der Waals surface area contributed by atoms with Crippen LogP contribution in [0.5, 0.6) is 0 Å². The molecule has 2 aromatic heterocycles. The van der Waals surface area contributed by atoms with Gasteiger partial charge in [0.25, 0.3) is 0 Å². The molecule has 0 fully saturated rings. The number of benzene rings is 8. The van der Waals surface area contributed by atoms with Crippen LogP contribution in [-0.2, 0) is 0 Å². The van der Waals surface area contributed by atoms with Crippen LogP contribution in [-0.4, -0.2) is 15.0 Å². The summed E-state index contributed by atoms with van der Waals surface area (Å²) in [5.74, 6) is 1.85. The van der Waals surface area contributed by atoms with E-state index in [-0.39, 0.29) is 0 Å². The zero-order chi connectivity index (χ0) is 32.3. The van der Waals surface area contributed by atoms with Crippen LogP contribution in [0.3, 0.4) is 0 Å². The molecule has 10 aromatic rings. The van der Waals surface area contributed by atoms with E-state index in [4.69, 9.17) is 19.4 Å². The van der Waals surface area contributed by atoms with Crippen LogP contribution in [0.4, 0.5) is 0 Å². The summed E-state index contributed by atoms with van der Waals surface area (Å²) in [5.41, 5.74) is 6.72. The van der Waals surface area contributed by atoms with E-state index in [1.165, 1.54) is 21.7 Å². The van der Waals surface area contributed by atoms with Crippen LogP contribution in [0, 0.1) is 0 Å². The third kappa shape index (κ3) is 4.49. The summed E-state index contributed by atoms with van der Waals surface area (Å²) in [6, 6.07) is 56.9. The summed E-state index contributed by atoms with van der Waals surface area (Å²) in [4.78, 5) is 15.5. The molecular formula is C45H27N3O. The third-order valence-corrected chi connectivity index (χ3v) is 9.50. The van der Waals surface area contributed by atoms with Crippen LogP contribution < -0.4 is 0 Å². The molecule has 0 N–H and O–H groups in total. The van der Waals surface area contributed by atoms with Gasteiger partial charge < -0.3 is 4.42 Å². The molecule has 0 aliphatic rings. The SMILES string of the molecule is c1ccc(-c2nc(-c3ccc4ccccc4c3)nc(-c3cc4c(-c5cccc6ccccc56)cccc4c4oc5ccccc5c34)n2)cc1. The van der Waals surface area contributed by atoms with Gasteiger partial charge in [-0.2, -0.15) is 0 Å². The lowest BCUT2D eigenvalue weighted by atomic mass is 9.91. The molecule has 0 saturated carbocycles. The first-order chi connectivity index (χ1) is 24.3. The molecule has 0 aliphatic heterocycles. The summed E-state index contributed by atoms with van der Waals surface area (Å²) in [5, 5.41) is 8.86. The molecule has 0 bridgehead atoms. The van der Waals surface area contributed by atoms with E-state index in [1.54, 1.807) is 0 Å². The second kappa shape index (κ2) is 11.0. The molecule has 228 valence electrons. The second-order valence-corrected chi connectivity index (χ2v) is 12.4. The van der Waals surface area contributed by atoms with Crippen LogP contribution in [0.2, 0.25) is 0 Å². The fraction of sp³-hybridized carbons (Fsp3) is 0. The summed E-state index contributed by atoms with van der Waals surface area (Å²) < 4.78 is 6.71. The lowest BCUT2D eigenvalue weighted by Gasteiger charge is -2.14. The minimum atomic E-state index is 0.600. The van der Waals surface area contributed by atoms with Gasteiger partial charge in [-0.25, -0.2) is 15.0 Å². The van der Waals surface area contributed by atoms with Gasteiger partial charge in [-0.15, -0.1) is 0 Å². The van der Waals surface area contributed by atoms with Gasteiger partial charge in [0.2, 0.25) is 0 Å². The lowest BCUT2D eigenvalue weighted by molar-refractivity contribution is 0.672. The van der Waals surface area contributed by atoms with Gasteiger partial charge in [0.15, 0.2) is 17.5 Å². The van der Waals surface area contributed by atoms with Crippen molar-refractivity contribution in [2.75, 3.05) is 0 Å². The van der Waals surface area contributed by atoms with Gasteiger partial charge in [0.1, 0.15) is 11.2 Å². The Hall–Kier alpha value is -6.65. The highest BCUT2D eigenvalue weighted by atomic mass is 16.3. The maximum absolute atomic E-state index is 6.71. The molecule has 2 heterocycles. The highest BCUT2D eigenvalue weighted by Crippen LogP contribution is 2.44. The fourth-order valence-electron chi connectivity index (χ4n) is 7.18. The van der Waals surface area contributed by atoms with E-state index in [0.29, 0.717) is 17.5 Å². The van der Waals surface area contributed by atoms with Crippen molar-refractivity contribution in [1.82, 2.24) is 15.0 Å². The zero-order valence-corrected chi connectivity index (χ0v) is 26.3. The lowest BCUT2D eigenvalue weighted by Crippen LogP contribution is -2.00. The molecular weight excluding hydrogens is 599 g/mol. The number of nitrogens with zero attached hydrogens (tertiary/aromatic N) is 3. The van der Waals surface area contributed by atoms with Gasteiger partial charge >= 0.3 is 0 Å². The molecule has 0 radical (unpaired) electrons. The molecule has 49 heavy (non-hydrogen) atoms. The highest BCUT2D eigenvalue weighted by molar-refractivity contribution is 6.23. The average molecular weight is 626 g/mol. The van der Waals surface area contributed by atoms with Gasteiger partial charge in [0.05, 0.1) is 0 Å². The van der Waals surface area contributed by atoms with Crippen molar-refractivity contribution < 1.29 is 4.42 Å². The second-order valence-electron chi connectivity index (χ2n) is 12.4. The highest BCUT2D eigenvalue weighted by Gasteiger charge is 2.22. The third-order valence-electron chi connectivity index (χ3n) is 9.50. The van der Waals surface area contributed by atoms with Crippen LogP contribution in [0.15, 0.2) is 168 Å². The van der Waals surface area contributed by atoms with Crippen molar-refractivity contribution in [3.05, 3.63) is 164 Å². The quantitative estimate of drug-likeness (QED) is 0.195. The van der Waals surface area contributed by atoms with Crippen LogP contribution in [0.1, 0.15) is 0 Å². The zero-order valence-electron chi connectivity index (χ0n) is 26.3. The van der Waals surface area contributed by atoms with Crippen LogP contribution >= 0.6 is 0 Å². The molecule has 0 aliphatic carbocycles. The number of hydrogen-bond donors (Lipinski definition) is 0. The molecule has 8 aromatic carbocycles. The molecule has 0 unspecified atom stereocenters. The minimum absolute atomic E-state index is 0.600. The van der Waals surface area contributed by atoms with Crippen molar-refractivity contribution in [2.45, 2.75) is 0 Å². The summed E-state index contributed by atoms with van der Waals surface area (Å²) in [7, 11) is 0. The molecule has 0 amide bonds. The van der Waals surface area contributed by atoms with Gasteiger partial charge in [-0.1, -0.05) is 146 Å². The Bertz CT molecular complexity index is 2890. The first kappa shape index (κ1) is 27.5. The summed E-state index contributed by atoms with van der Waals surface area (Å²) >= 11 is 0. The Morgan fingerprint density at radius 3 is 1.82 bits per heavy atom. The Kier molecular flexibility index (Phi) is 6.15. The van der Waals surface area contributed by atoms with Crippen molar-refractivity contribution in [2.24, 2.45) is 0 Å². The predicted molar refractivity (Wildman–Crippen MR) is 201 cm³/mol. The summed E-state index contributed by atoms with van der Waals surface area (Å²) in [6.45, 7) is 0. The van der Waals surface area contributed by atoms with E-state index < -0.39 is 0 Å². The first-order valence-corrected chi connectivity index (χ1v) is 16.4. The molecule has 0 saturated heterocycles. The molecule has 4 nitrogen and oxygen atoms in total. The predicted octanol–water partition coefficient (Wildman–Crippen LogP) is 11.9. The Labute approximate surface area is 282 Å². The topological polar surface area (TPSA) is 51.8 Å². The van der Waals surface area contributed by atoms with E-state index in [1.807, 2.05) is 42.5 Å². The monoisotopic (exact) mass is 625 g/mol. The largest absolute Gasteiger partial charge is 0.455 e. The first-order valence-electron chi connectivity index (χ1n) is 16.4. The number of furan rings is 1. The molecule has 0 spiro atoms. The van der Waals surface area contributed by atoms with E-state index >= 15 is 0 Å². The van der Waals surface area contributed by atoms with Crippen LogP contribution in [0.25, 0.3) is 99.5 Å². The van der Waals surface area contributed by atoms with Gasteiger partial charge in [-0.3, -0.25) is 0 Å². The standard InChI is InChI=1S/C45H27N3O/c1-2-14-30(15-3-1)43-46-44(32-25-24-28-12-4-5-16-31(28)26-32)48-45(47-43)39-27-38-35(34-20-10-17-29-13-6-7-18-33(29)34)21-11-22-36(38)42-41(39)37-19-8-9-23-40(37)49-42/h1-27H. The smallest absolute Gasteiger partial charge is 0.164 e. The number of rotatable bonds is 4. The Morgan fingerprint density at radius 1 is 0.347 bits per heavy atom. The number of fused-ring (bicyclic) bond motifs is 7. The van der Waals surface area contributed by atoms with Gasteiger partial charge in [-0.05, 0) is 56.3 Å². The average Bonchev–Trinajstić information content (AvgIpc) is 3.57. The maximum Gasteiger partial charge on any atom is 0.164 e. The van der Waals surface area contributed by atoms with Crippen molar-refractivity contribution in [1.29, 1.82) is 0 Å². The van der Waals surface area contributed by atoms with E-state index in [2.05, 4.69) is 121 Å². The van der Waals surface area contributed by atoms with Crippen molar-refractivity contribution >= 4 is 54.3 Å². The molecule has 10 rings (SSSR count). The van der Waals surface area contributed by atoms with Crippen molar-refractivity contribution in [3.8, 4) is 45.3 Å². The number of hydrogen-bond acceptors (Lipinski definition) is 4. The normalized spacial score (nSPS) is 11.7. The van der Waals surface area contributed by atoms with Gasteiger partial charge in [0, 0.05) is 32.8 Å². The molecule has 4 heteroatoms. The number of para-hydroxylation sites is 1. The minimum Gasteiger partial charge on any atom is -0.455 e.